The highest BCUT2D eigenvalue weighted by Gasteiger charge is 2.09. The highest BCUT2D eigenvalue weighted by molar-refractivity contribution is 6.28. The van der Waals surface area contributed by atoms with Gasteiger partial charge < -0.3 is 4.74 Å². The van der Waals surface area contributed by atoms with Crippen LogP contribution >= 0.6 is 11.6 Å². The van der Waals surface area contributed by atoms with E-state index in [9.17, 15) is 0 Å². The predicted octanol–water partition coefficient (Wildman–Crippen LogP) is 1.24. The van der Waals surface area contributed by atoms with Gasteiger partial charge >= 0.3 is 6.01 Å². The lowest BCUT2D eigenvalue weighted by Crippen LogP contribution is -2.02. The van der Waals surface area contributed by atoms with Gasteiger partial charge in [0, 0.05) is 19.4 Å². The zero-order chi connectivity index (χ0) is 13.2. The number of hydrogen-bond donors (Lipinski definition) is 0. The Morgan fingerprint density at radius 1 is 1.26 bits per heavy atom. The first kappa shape index (κ1) is 11.6. The van der Waals surface area contributed by atoms with Gasteiger partial charge in [-0.1, -0.05) is 0 Å². The van der Waals surface area contributed by atoms with E-state index in [0.717, 1.165) is 0 Å². The zero-order valence-electron chi connectivity index (χ0n) is 9.80. The van der Waals surface area contributed by atoms with Gasteiger partial charge in [0.2, 0.25) is 11.2 Å². The smallest absolute Gasteiger partial charge is 0.328 e. The first-order valence-corrected chi connectivity index (χ1v) is 5.65. The Morgan fingerprint density at radius 2 is 2.16 bits per heavy atom. The third kappa shape index (κ3) is 2.52. The summed E-state index contributed by atoms with van der Waals surface area (Å²) >= 11 is 5.84. The Morgan fingerprint density at radius 3 is 2.84 bits per heavy atom. The third-order valence-corrected chi connectivity index (χ3v) is 2.37. The molecule has 0 unspecified atom stereocenters. The quantitative estimate of drug-likeness (QED) is 0.716. The van der Waals surface area contributed by atoms with Crippen molar-refractivity contribution in [2.45, 2.75) is 0 Å². The summed E-state index contributed by atoms with van der Waals surface area (Å²) in [5.41, 5.74) is 0. The van der Waals surface area contributed by atoms with Crippen LogP contribution < -0.4 is 4.74 Å². The minimum absolute atomic E-state index is 0.0394. The molecular weight excluding hydrogens is 270 g/mol. The Kier molecular flexibility index (Phi) is 2.84. The second kappa shape index (κ2) is 4.65. The molecule has 0 bridgehead atoms. The molecule has 3 rings (SSSR count). The van der Waals surface area contributed by atoms with Gasteiger partial charge in [-0.15, -0.1) is 0 Å². The molecular formula is C10H8ClN7O. The summed E-state index contributed by atoms with van der Waals surface area (Å²) in [6.45, 7) is 0. The second-order valence-corrected chi connectivity index (χ2v) is 3.95. The zero-order valence-corrected chi connectivity index (χ0v) is 10.6. The van der Waals surface area contributed by atoms with Crippen LogP contribution in [0.5, 0.6) is 11.8 Å². The monoisotopic (exact) mass is 277 g/mol. The van der Waals surface area contributed by atoms with E-state index < -0.39 is 0 Å². The molecule has 3 aromatic heterocycles. The minimum atomic E-state index is 0.0394. The first-order valence-electron chi connectivity index (χ1n) is 5.27. The van der Waals surface area contributed by atoms with Crippen molar-refractivity contribution in [2.75, 3.05) is 0 Å². The predicted molar refractivity (Wildman–Crippen MR) is 65.2 cm³/mol. The van der Waals surface area contributed by atoms with E-state index >= 15 is 0 Å². The van der Waals surface area contributed by atoms with E-state index in [0.29, 0.717) is 11.7 Å². The number of aryl methyl sites for hydroxylation is 1. The molecule has 0 aliphatic rings. The summed E-state index contributed by atoms with van der Waals surface area (Å²) in [6.07, 6.45) is 8.10. The summed E-state index contributed by atoms with van der Waals surface area (Å²) < 4.78 is 8.66. The van der Waals surface area contributed by atoms with Gasteiger partial charge in [-0.05, 0) is 11.6 Å². The van der Waals surface area contributed by atoms with Crippen LogP contribution in [0.3, 0.4) is 0 Å². The van der Waals surface area contributed by atoms with Gasteiger partial charge in [0.15, 0.2) is 5.75 Å². The van der Waals surface area contributed by atoms with Crippen molar-refractivity contribution in [1.29, 1.82) is 0 Å². The number of imidazole rings is 1. The minimum Gasteiger partial charge on any atom is -0.421 e. The molecule has 0 N–H and O–H groups in total. The maximum absolute atomic E-state index is 5.84. The number of ether oxygens (including phenoxy) is 1. The average Bonchev–Trinajstić information content (AvgIpc) is 3.00. The Balaban J connectivity index is 1.94. The van der Waals surface area contributed by atoms with Crippen LogP contribution in [0.4, 0.5) is 0 Å². The van der Waals surface area contributed by atoms with Gasteiger partial charge in [0.05, 0.1) is 12.4 Å². The van der Waals surface area contributed by atoms with Crippen LogP contribution in [0.25, 0.3) is 5.95 Å². The standard InChI is InChI=1S/C10H8ClN7O/c1-17-5-7(4-13-17)19-10-15-8(11)14-9(16-10)18-3-2-12-6-18/h2-6H,1H3. The Labute approximate surface area is 112 Å². The fraction of sp³-hybridized carbons (Fsp3) is 0.100. The molecule has 0 aliphatic heterocycles. The molecule has 0 saturated heterocycles. The highest BCUT2D eigenvalue weighted by atomic mass is 35.5. The van der Waals surface area contributed by atoms with E-state index in [-0.39, 0.29) is 11.3 Å². The van der Waals surface area contributed by atoms with E-state index in [1.54, 1.807) is 47.4 Å². The largest absolute Gasteiger partial charge is 0.421 e. The SMILES string of the molecule is Cn1cc(Oc2nc(Cl)nc(-n3ccnc3)n2)cn1. The molecule has 19 heavy (non-hydrogen) atoms. The van der Waals surface area contributed by atoms with Gasteiger partial charge in [0.1, 0.15) is 6.33 Å². The van der Waals surface area contributed by atoms with Crippen molar-refractivity contribution in [2.24, 2.45) is 7.05 Å². The molecule has 0 atom stereocenters. The molecule has 0 fully saturated rings. The van der Waals surface area contributed by atoms with Crippen molar-refractivity contribution in [3.8, 4) is 17.7 Å². The molecule has 0 aliphatic carbocycles. The number of nitrogens with zero attached hydrogens (tertiary/aromatic N) is 7. The van der Waals surface area contributed by atoms with Gasteiger partial charge in [-0.3, -0.25) is 9.25 Å². The summed E-state index contributed by atoms with van der Waals surface area (Å²) in [4.78, 5) is 15.9. The maximum Gasteiger partial charge on any atom is 0.328 e. The van der Waals surface area contributed by atoms with Crippen LogP contribution in [0, 0.1) is 0 Å². The molecule has 0 radical (unpaired) electrons. The van der Waals surface area contributed by atoms with Crippen molar-refractivity contribution < 1.29 is 4.74 Å². The molecule has 8 nitrogen and oxygen atoms in total. The molecule has 0 spiro atoms. The lowest BCUT2D eigenvalue weighted by molar-refractivity contribution is 0.437. The van der Waals surface area contributed by atoms with Crippen LogP contribution in [-0.2, 0) is 7.05 Å². The van der Waals surface area contributed by atoms with Crippen LogP contribution in [-0.4, -0.2) is 34.3 Å². The van der Waals surface area contributed by atoms with Crippen molar-refractivity contribution in [3.63, 3.8) is 0 Å². The fourth-order valence-electron chi connectivity index (χ4n) is 1.42. The molecule has 0 amide bonds. The van der Waals surface area contributed by atoms with Crippen LogP contribution in [0.15, 0.2) is 31.1 Å². The van der Waals surface area contributed by atoms with E-state index in [1.807, 2.05) is 0 Å². The molecule has 3 aromatic rings. The number of aromatic nitrogens is 7. The van der Waals surface area contributed by atoms with E-state index in [4.69, 9.17) is 16.3 Å². The number of halogens is 1. The summed E-state index contributed by atoms with van der Waals surface area (Å²) in [6, 6.07) is 0.0942. The highest BCUT2D eigenvalue weighted by Crippen LogP contribution is 2.18. The topological polar surface area (TPSA) is 83.5 Å². The van der Waals surface area contributed by atoms with E-state index in [2.05, 4.69) is 25.0 Å². The van der Waals surface area contributed by atoms with Gasteiger partial charge in [-0.2, -0.15) is 20.1 Å². The van der Waals surface area contributed by atoms with Crippen molar-refractivity contribution in [3.05, 3.63) is 36.4 Å². The Hall–Kier alpha value is -2.48. The van der Waals surface area contributed by atoms with E-state index in [1.165, 1.54) is 0 Å². The van der Waals surface area contributed by atoms with Crippen LogP contribution in [0.2, 0.25) is 5.28 Å². The molecule has 96 valence electrons. The van der Waals surface area contributed by atoms with Gasteiger partial charge in [-0.25, -0.2) is 4.98 Å². The fourth-order valence-corrected chi connectivity index (χ4v) is 1.57. The van der Waals surface area contributed by atoms with Crippen molar-refractivity contribution in [1.82, 2.24) is 34.3 Å². The third-order valence-electron chi connectivity index (χ3n) is 2.20. The molecule has 9 heteroatoms. The summed E-state index contributed by atoms with van der Waals surface area (Å²) in [7, 11) is 1.78. The normalized spacial score (nSPS) is 10.6. The maximum atomic E-state index is 5.84. The average molecular weight is 278 g/mol. The lowest BCUT2D eigenvalue weighted by Gasteiger charge is -2.04. The molecule has 0 saturated carbocycles. The molecule has 3 heterocycles. The lowest BCUT2D eigenvalue weighted by atomic mass is 10.6. The molecule has 0 aromatic carbocycles. The number of hydrogen-bond acceptors (Lipinski definition) is 6. The second-order valence-electron chi connectivity index (χ2n) is 3.61. The Bertz CT molecular complexity index is 694. The van der Waals surface area contributed by atoms with Crippen molar-refractivity contribution >= 4 is 11.6 Å². The van der Waals surface area contributed by atoms with Gasteiger partial charge in [0.25, 0.3) is 0 Å². The summed E-state index contributed by atoms with van der Waals surface area (Å²) in [5, 5.41) is 4.02. The van der Waals surface area contributed by atoms with Crippen LogP contribution in [0.1, 0.15) is 0 Å². The first-order chi connectivity index (χ1) is 9.20. The number of rotatable bonds is 3. The summed E-state index contributed by atoms with van der Waals surface area (Å²) in [5.74, 6) is 0.845.